The van der Waals surface area contributed by atoms with Gasteiger partial charge in [-0.05, 0) is 6.42 Å². The Hall–Kier alpha value is -1.20. The van der Waals surface area contributed by atoms with Crippen LogP contribution in [0.1, 0.15) is 23.7 Å². The fourth-order valence-electron chi connectivity index (χ4n) is 1.31. The monoisotopic (exact) mass is 211 g/mol. The Balaban J connectivity index is 2.65. The quantitative estimate of drug-likeness (QED) is 0.693. The second-order valence-electron chi connectivity index (χ2n) is 3.42. The van der Waals surface area contributed by atoms with Gasteiger partial charge in [-0.2, -0.15) is 5.10 Å². The smallest absolute Gasteiger partial charge is 0.185 e. The van der Waals surface area contributed by atoms with Crippen molar-refractivity contribution in [3.8, 4) is 0 Å². The van der Waals surface area contributed by atoms with Gasteiger partial charge in [-0.15, -0.1) is 0 Å². The molecule has 0 saturated heterocycles. The van der Waals surface area contributed by atoms with Gasteiger partial charge in [0.25, 0.3) is 0 Å². The SMILES string of the molecule is CCCn1cc(C(=O)C(N)COC)cn1. The van der Waals surface area contributed by atoms with E-state index in [1.807, 2.05) is 0 Å². The van der Waals surface area contributed by atoms with Gasteiger partial charge >= 0.3 is 0 Å². The molecule has 1 rings (SSSR count). The maximum atomic E-state index is 11.7. The molecular weight excluding hydrogens is 194 g/mol. The van der Waals surface area contributed by atoms with Crippen molar-refractivity contribution < 1.29 is 9.53 Å². The zero-order valence-corrected chi connectivity index (χ0v) is 9.14. The molecule has 2 N–H and O–H groups in total. The summed E-state index contributed by atoms with van der Waals surface area (Å²) < 4.78 is 6.57. The molecular formula is C10H17N3O2. The van der Waals surface area contributed by atoms with Gasteiger partial charge in [0.05, 0.1) is 24.4 Å². The Bertz CT molecular complexity index is 322. The van der Waals surface area contributed by atoms with E-state index in [2.05, 4.69) is 12.0 Å². The maximum Gasteiger partial charge on any atom is 0.185 e. The number of Topliss-reactive ketones (excluding diaryl/α,β-unsaturated/α-hetero) is 1. The number of carbonyl (C=O) groups is 1. The van der Waals surface area contributed by atoms with Crippen LogP contribution in [0.5, 0.6) is 0 Å². The molecule has 15 heavy (non-hydrogen) atoms. The highest BCUT2D eigenvalue weighted by Gasteiger charge is 2.16. The molecule has 0 saturated carbocycles. The number of carbonyl (C=O) groups excluding carboxylic acids is 1. The molecule has 0 bridgehead atoms. The van der Waals surface area contributed by atoms with E-state index in [1.54, 1.807) is 17.1 Å². The van der Waals surface area contributed by atoms with E-state index in [-0.39, 0.29) is 12.4 Å². The van der Waals surface area contributed by atoms with Gasteiger partial charge in [0, 0.05) is 19.9 Å². The van der Waals surface area contributed by atoms with Crippen LogP contribution in [0.2, 0.25) is 0 Å². The van der Waals surface area contributed by atoms with Crippen molar-refractivity contribution in [2.45, 2.75) is 25.9 Å². The maximum absolute atomic E-state index is 11.7. The third kappa shape index (κ3) is 3.14. The highest BCUT2D eigenvalue weighted by Crippen LogP contribution is 2.02. The van der Waals surface area contributed by atoms with Crippen LogP contribution in [-0.2, 0) is 11.3 Å². The lowest BCUT2D eigenvalue weighted by molar-refractivity contribution is 0.0892. The first kappa shape index (κ1) is 11.9. The Morgan fingerprint density at radius 2 is 2.47 bits per heavy atom. The predicted octanol–water partition coefficient (Wildman–Crippen LogP) is 0.449. The van der Waals surface area contributed by atoms with Crippen molar-refractivity contribution in [3.63, 3.8) is 0 Å². The van der Waals surface area contributed by atoms with Crippen LogP contribution < -0.4 is 5.73 Å². The van der Waals surface area contributed by atoms with Crippen LogP contribution in [-0.4, -0.2) is 35.3 Å². The van der Waals surface area contributed by atoms with Gasteiger partial charge in [0.1, 0.15) is 0 Å². The summed E-state index contributed by atoms with van der Waals surface area (Å²) in [5, 5.41) is 4.07. The summed E-state index contributed by atoms with van der Waals surface area (Å²) in [7, 11) is 1.52. The fourth-order valence-corrected chi connectivity index (χ4v) is 1.31. The molecule has 0 aliphatic rings. The Kier molecular flexibility index (Phi) is 4.45. The van der Waals surface area contributed by atoms with E-state index in [1.165, 1.54) is 7.11 Å². The minimum atomic E-state index is -0.603. The van der Waals surface area contributed by atoms with Crippen LogP contribution in [0.25, 0.3) is 0 Å². The lowest BCUT2D eigenvalue weighted by atomic mass is 10.1. The summed E-state index contributed by atoms with van der Waals surface area (Å²) in [4.78, 5) is 11.7. The topological polar surface area (TPSA) is 70.1 Å². The highest BCUT2D eigenvalue weighted by molar-refractivity contribution is 5.99. The first-order chi connectivity index (χ1) is 7.19. The lowest BCUT2D eigenvalue weighted by Gasteiger charge is -2.06. The number of nitrogens with zero attached hydrogens (tertiary/aromatic N) is 2. The minimum absolute atomic E-state index is 0.126. The molecule has 0 spiro atoms. The molecule has 0 aliphatic carbocycles. The molecule has 5 heteroatoms. The molecule has 5 nitrogen and oxygen atoms in total. The van der Waals surface area contributed by atoms with Crippen molar-refractivity contribution in [1.82, 2.24) is 9.78 Å². The van der Waals surface area contributed by atoms with Crippen LogP contribution in [0.15, 0.2) is 12.4 Å². The van der Waals surface area contributed by atoms with E-state index >= 15 is 0 Å². The van der Waals surface area contributed by atoms with Gasteiger partial charge in [-0.3, -0.25) is 9.48 Å². The van der Waals surface area contributed by atoms with Gasteiger partial charge in [-0.1, -0.05) is 6.92 Å². The molecule has 0 aromatic carbocycles. The van der Waals surface area contributed by atoms with Crippen LogP contribution in [0, 0.1) is 0 Å². The number of ketones is 1. The number of ether oxygens (including phenoxy) is 1. The van der Waals surface area contributed by atoms with E-state index in [4.69, 9.17) is 10.5 Å². The normalized spacial score (nSPS) is 12.7. The van der Waals surface area contributed by atoms with Gasteiger partial charge < -0.3 is 10.5 Å². The fraction of sp³-hybridized carbons (Fsp3) is 0.600. The van der Waals surface area contributed by atoms with Crippen LogP contribution in [0.3, 0.4) is 0 Å². The summed E-state index contributed by atoms with van der Waals surface area (Å²) >= 11 is 0. The standard InChI is InChI=1S/C10H17N3O2/c1-3-4-13-6-8(5-12-13)10(14)9(11)7-15-2/h5-6,9H,3-4,7,11H2,1-2H3. The summed E-state index contributed by atoms with van der Waals surface area (Å²) in [5.74, 6) is -0.126. The molecule has 0 radical (unpaired) electrons. The third-order valence-electron chi connectivity index (χ3n) is 2.05. The van der Waals surface area contributed by atoms with Crippen molar-refractivity contribution in [3.05, 3.63) is 18.0 Å². The van der Waals surface area contributed by atoms with Crippen LogP contribution in [0.4, 0.5) is 0 Å². The van der Waals surface area contributed by atoms with Crippen molar-refractivity contribution in [2.24, 2.45) is 5.73 Å². The first-order valence-corrected chi connectivity index (χ1v) is 5.00. The minimum Gasteiger partial charge on any atom is -0.383 e. The average Bonchev–Trinajstić information content (AvgIpc) is 2.66. The van der Waals surface area contributed by atoms with Gasteiger partial charge in [0.2, 0.25) is 0 Å². The number of nitrogens with two attached hydrogens (primary N) is 1. The third-order valence-corrected chi connectivity index (χ3v) is 2.05. The number of aryl methyl sites for hydroxylation is 1. The van der Waals surface area contributed by atoms with Gasteiger partial charge in [0.15, 0.2) is 5.78 Å². The lowest BCUT2D eigenvalue weighted by Crippen LogP contribution is -2.34. The van der Waals surface area contributed by atoms with Crippen LogP contribution >= 0.6 is 0 Å². The zero-order chi connectivity index (χ0) is 11.3. The molecule has 1 aromatic heterocycles. The van der Waals surface area contributed by atoms with Gasteiger partial charge in [-0.25, -0.2) is 0 Å². The summed E-state index contributed by atoms with van der Waals surface area (Å²) in [6.07, 6.45) is 4.26. The number of methoxy groups -OCH3 is 1. The largest absolute Gasteiger partial charge is 0.383 e. The molecule has 0 fully saturated rings. The second-order valence-corrected chi connectivity index (χ2v) is 3.42. The molecule has 0 aliphatic heterocycles. The van der Waals surface area contributed by atoms with E-state index in [0.29, 0.717) is 5.56 Å². The second kappa shape index (κ2) is 5.63. The molecule has 1 aromatic rings. The average molecular weight is 211 g/mol. The van der Waals surface area contributed by atoms with Crippen molar-refractivity contribution in [2.75, 3.05) is 13.7 Å². The highest BCUT2D eigenvalue weighted by atomic mass is 16.5. The number of aromatic nitrogens is 2. The Labute approximate surface area is 89.2 Å². The van der Waals surface area contributed by atoms with E-state index in [0.717, 1.165) is 13.0 Å². The van der Waals surface area contributed by atoms with E-state index < -0.39 is 6.04 Å². The predicted molar refractivity (Wildman–Crippen MR) is 56.7 cm³/mol. The molecule has 1 heterocycles. The summed E-state index contributed by atoms with van der Waals surface area (Å²) in [6.45, 7) is 3.10. The number of rotatable bonds is 6. The van der Waals surface area contributed by atoms with E-state index in [9.17, 15) is 4.79 Å². The van der Waals surface area contributed by atoms with Crippen molar-refractivity contribution in [1.29, 1.82) is 0 Å². The Morgan fingerprint density at radius 1 is 1.73 bits per heavy atom. The van der Waals surface area contributed by atoms with Crippen molar-refractivity contribution >= 4 is 5.78 Å². The molecule has 1 unspecified atom stereocenters. The molecule has 84 valence electrons. The molecule has 1 atom stereocenters. The molecule has 0 amide bonds. The number of hydrogen-bond acceptors (Lipinski definition) is 4. The zero-order valence-electron chi connectivity index (χ0n) is 9.14. The summed E-state index contributed by atoms with van der Waals surface area (Å²) in [5.41, 5.74) is 6.18. The first-order valence-electron chi connectivity index (χ1n) is 5.00. The summed E-state index contributed by atoms with van der Waals surface area (Å²) in [6, 6.07) is -0.603. The Morgan fingerprint density at radius 3 is 3.07 bits per heavy atom. The number of hydrogen-bond donors (Lipinski definition) is 1.